The Morgan fingerprint density at radius 2 is 1.59 bits per heavy atom. The lowest BCUT2D eigenvalue weighted by atomic mass is 9.91. The van der Waals surface area contributed by atoms with E-state index in [4.69, 9.17) is 20.6 Å². The Morgan fingerprint density at radius 1 is 1.06 bits per heavy atom. The molecule has 0 saturated carbocycles. The molecular weight excluding hydrogens is 216 g/mol. The van der Waals surface area contributed by atoms with E-state index in [-0.39, 0.29) is 5.41 Å². The molecule has 3 aliphatic heterocycles. The molecule has 0 aliphatic carbocycles. The Labute approximate surface area is 101 Å². The Balaban J connectivity index is 1.91. The second-order valence-corrected chi connectivity index (χ2v) is 4.95. The summed E-state index contributed by atoms with van der Waals surface area (Å²) in [7, 11) is 0. The first-order chi connectivity index (χ1) is 8.16. The highest BCUT2D eigenvalue weighted by Crippen LogP contribution is 2.43. The minimum atomic E-state index is -1.02. The minimum absolute atomic E-state index is 0.0134. The number of hydrogen-bond donors (Lipinski definition) is 0. The van der Waals surface area contributed by atoms with Crippen LogP contribution in [-0.2, 0) is 20.2 Å². The SMILES string of the molecule is C#Cc1ccc(C23OCC(C)(CO2)CO3)cc1. The van der Waals surface area contributed by atoms with Gasteiger partial charge < -0.3 is 14.2 Å². The summed E-state index contributed by atoms with van der Waals surface area (Å²) >= 11 is 0. The molecule has 0 radical (unpaired) electrons. The zero-order valence-corrected chi connectivity index (χ0v) is 9.73. The smallest absolute Gasteiger partial charge is 0.312 e. The molecule has 3 nitrogen and oxygen atoms in total. The molecule has 3 heterocycles. The molecule has 3 fully saturated rings. The molecule has 3 saturated heterocycles. The van der Waals surface area contributed by atoms with Crippen LogP contribution in [0.2, 0.25) is 0 Å². The van der Waals surface area contributed by atoms with Gasteiger partial charge in [-0.1, -0.05) is 12.8 Å². The number of benzene rings is 1. The fourth-order valence-corrected chi connectivity index (χ4v) is 2.08. The van der Waals surface area contributed by atoms with Gasteiger partial charge in [-0.05, 0) is 24.3 Å². The van der Waals surface area contributed by atoms with Crippen LogP contribution >= 0.6 is 0 Å². The Hall–Kier alpha value is -1.34. The fraction of sp³-hybridized carbons (Fsp3) is 0.429. The fourth-order valence-electron chi connectivity index (χ4n) is 2.08. The predicted molar refractivity (Wildman–Crippen MR) is 62.0 cm³/mol. The molecule has 4 rings (SSSR count). The first-order valence-corrected chi connectivity index (χ1v) is 5.65. The Kier molecular flexibility index (Phi) is 2.27. The van der Waals surface area contributed by atoms with Gasteiger partial charge in [-0.3, -0.25) is 0 Å². The summed E-state index contributed by atoms with van der Waals surface area (Å²) in [6, 6.07) is 7.51. The monoisotopic (exact) mass is 230 g/mol. The quantitative estimate of drug-likeness (QED) is 0.689. The summed E-state index contributed by atoms with van der Waals surface area (Å²) in [6.45, 7) is 4.06. The van der Waals surface area contributed by atoms with Gasteiger partial charge in [0.1, 0.15) is 0 Å². The number of rotatable bonds is 1. The normalized spacial score (nSPS) is 35.5. The van der Waals surface area contributed by atoms with Crippen molar-refractivity contribution in [1.29, 1.82) is 0 Å². The van der Waals surface area contributed by atoms with Gasteiger partial charge in [0.05, 0.1) is 19.8 Å². The van der Waals surface area contributed by atoms with E-state index in [0.29, 0.717) is 19.8 Å². The molecule has 3 aliphatic rings. The van der Waals surface area contributed by atoms with Crippen molar-refractivity contribution >= 4 is 0 Å². The van der Waals surface area contributed by atoms with Crippen molar-refractivity contribution < 1.29 is 14.2 Å². The van der Waals surface area contributed by atoms with E-state index in [9.17, 15) is 0 Å². The third-order valence-corrected chi connectivity index (χ3v) is 3.24. The van der Waals surface area contributed by atoms with E-state index in [2.05, 4.69) is 12.8 Å². The number of fused-ring (bicyclic) bond motifs is 3. The molecule has 1 aromatic rings. The molecule has 0 unspecified atom stereocenters. The van der Waals surface area contributed by atoms with Gasteiger partial charge in [0, 0.05) is 16.5 Å². The van der Waals surface area contributed by atoms with Crippen LogP contribution in [0.25, 0.3) is 0 Å². The maximum absolute atomic E-state index is 5.73. The van der Waals surface area contributed by atoms with Gasteiger partial charge in [-0.2, -0.15) is 0 Å². The molecule has 0 spiro atoms. The van der Waals surface area contributed by atoms with Crippen molar-refractivity contribution in [1.82, 2.24) is 0 Å². The van der Waals surface area contributed by atoms with E-state index in [1.807, 2.05) is 24.3 Å². The summed E-state index contributed by atoms with van der Waals surface area (Å²) in [6.07, 6.45) is 5.33. The Morgan fingerprint density at radius 3 is 2.06 bits per heavy atom. The van der Waals surface area contributed by atoms with Crippen LogP contribution in [0.15, 0.2) is 24.3 Å². The van der Waals surface area contributed by atoms with Crippen LogP contribution in [-0.4, -0.2) is 19.8 Å². The summed E-state index contributed by atoms with van der Waals surface area (Å²) < 4.78 is 17.2. The summed E-state index contributed by atoms with van der Waals surface area (Å²) in [4.78, 5) is 0. The molecule has 3 heteroatoms. The second kappa shape index (κ2) is 3.58. The summed E-state index contributed by atoms with van der Waals surface area (Å²) in [5.74, 6) is 1.56. The molecule has 0 atom stereocenters. The van der Waals surface area contributed by atoms with E-state index in [1.54, 1.807) is 0 Å². The minimum Gasteiger partial charge on any atom is -0.323 e. The van der Waals surface area contributed by atoms with Crippen LogP contribution in [0.1, 0.15) is 18.1 Å². The maximum atomic E-state index is 5.73. The lowest BCUT2D eigenvalue weighted by molar-refractivity contribution is -0.477. The van der Waals surface area contributed by atoms with Crippen molar-refractivity contribution in [3.05, 3.63) is 35.4 Å². The third kappa shape index (κ3) is 1.66. The van der Waals surface area contributed by atoms with Gasteiger partial charge in [0.25, 0.3) is 0 Å². The molecule has 0 amide bonds. The number of ether oxygens (including phenoxy) is 3. The average molecular weight is 230 g/mol. The molecular formula is C14H14O3. The lowest BCUT2D eigenvalue weighted by Crippen LogP contribution is -2.57. The van der Waals surface area contributed by atoms with E-state index in [0.717, 1.165) is 11.1 Å². The maximum Gasteiger partial charge on any atom is 0.312 e. The van der Waals surface area contributed by atoms with Crippen LogP contribution in [0.3, 0.4) is 0 Å². The molecule has 0 N–H and O–H groups in total. The molecule has 1 aromatic carbocycles. The van der Waals surface area contributed by atoms with Crippen LogP contribution < -0.4 is 0 Å². The predicted octanol–water partition coefficient (Wildman–Crippen LogP) is 1.86. The van der Waals surface area contributed by atoms with Gasteiger partial charge in [0.15, 0.2) is 0 Å². The second-order valence-electron chi connectivity index (χ2n) is 4.95. The van der Waals surface area contributed by atoms with E-state index in [1.165, 1.54) is 0 Å². The summed E-state index contributed by atoms with van der Waals surface area (Å²) in [5.41, 5.74) is 1.68. The number of hydrogen-bond acceptors (Lipinski definition) is 3. The zero-order valence-electron chi connectivity index (χ0n) is 9.73. The van der Waals surface area contributed by atoms with Crippen LogP contribution in [0, 0.1) is 17.8 Å². The highest BCUT2D eigenvalue weighted by molar-refractivity contribution is 5.35. The van der Waals surface area contributed by atoms with Crippen molar-refractivity contribution in [2.24, 2.45) is 5.41 Å². The molecule has 2 bridgehead atoms. The third-order valence-electron chi connectivity index (χ3n) is 3.24. The lowest BCUT2D eigenvalue weighted by Gasteiger charge is -2.50. The largest absolute Gasteiger partial charge is 0.323 e. The molecule has 17 heavy (non-hydrogen) atoms. The highest BCUT2D eigenvalue weighted by Gasteiger charge is 2.51. The van der Waals surface area contributed by atoms with E-state index < -0.39 is 5.97 Å². The van der Waals surface area contributed by atoms with Crippen molar-refractivity contribution in [3.8, 4) is 12.3 Å². The van der Waals surface area contributed by atoms with Gasteiger partial charge in [0.2, 0.25) is 0 Å². The van der Waals surface area contributed by atoms with Crippen molar-refractivity contribution in [2.45, 2.75) is 12.9 Å². The summed E-state index contributed by atoms with van der Waals surface area (Å²) in [5, 5.41) is 0. The first-order valence-electron chi connectivity index (χ1n) is 5.65. The Bertz CT molecular complexity index is 445. The number of terminal acetylenes is 1. The van der Waals surface area contributed by atoms with Crippen molar-refractivity contribution in [2.75, 3.05) is 19.8 Å². The highest BCUT2D eigenvalue weighted by atomic mass is 16.9. The van der Waals surface area contributed by atoms with Gasteiger partial charge in [-0.25, -0.2) is 0 Å². The molecule has 0 aromatic heterocycles. The standard InChI is InChI=1S/C14H14O3/c1-3-11-4-6-12(7-5-11)14-15-8-13(2,9-16-14)10-17-14/h1,4-7H,8-10H2,2H3. The molecule has 88 valence electrons. The first kappa shape index (κ1) is 10.8. The van der Waals surface area contributed by atoms with Gasteiger partial charge >= 0.3 is 5.97 Å². The van der Waals surface area contributed by atoms with E-state index >= 15 is 0 Å². The van der Waals surface area contributed by atoms with Crippen LogP contribution in [0.5, 0.6) is 0 Å². The van der Waals surface area contributed by atoms with Crippen molar-refractivity contribution in [3.63, 3.8) is 0 Å². The van der Waals surface area contributed by atoms with Gasteiger partial charge in [-0.15, -0.1) is 6.42 Å². The zero-order chi connectivity index (χ0) is 11.9. The average Bonchev–Trinajstić information content (AvgIpc) is 2.40. The van der Waals surface area contributed by atoms with Crippen LogP contribution in [0.4, 0.5) is 0 Å². The topological polar surface area (TPSA) is 27.7 Å².